The maximum Gasteiger partial charge on any atom is 0.0608 e. The van der Waals surface area contributed by atoms with Crippen LogP contribution in [-0.2, 0) is 0 Å². The molecule has 0 bridgehead atoms. The van der Waals surface area contributed by atoms with E-state index in [-0.39, 0.29) is 0 Å². The van der Waals surface area contributed by atoms with Crippen LogP contribution in [0.4, 0.5) is 0 Å². The van der Waals surface area contributed by atoms with Gasteiger partial charge < -0.3 is 5.73 Å². The Balaban J connectivity index is 2.00. The van der Waals surface area contributed by atoms with Crippen molar-refractivity contribution in [1.29, 1.82) is 0 Å². The second kappa shape index (κ2) is 7.52. The smallest absolute Gasteiger partial charge is 0.0608 e. The third kappa shape index (κ3) is 4.41. The zero-order valence-corrected chi connectivity index (χ0v) is 11.8. The Morgan fingerprint density at radius 1 is 0.778 bits per heavy atom. The third-order valence-corrected chi connectivity index (χ3v) is 5.09. The van der Waals surface area contributed by atoms with Gasteiger partial charge in [0.1, 0.15) is 0 Å². The van der Waals surface area contributed by atoms with Gasteiger partial charge in [-0.3, -0.25) is 0 Å². The van der Waals surface area contributed by atoms with Crippen molar-refractivity contribution in [2.45, 2.75) is 20.8 Å². The maximum absolute atomic E-state index is 5.71. The van der Waals surface area contributed by atoms with Crippen molar-refractivity contribution in [3.05, 3.63) is 60.7 Å². The summed E-state index contributed by atoms with van der Waals surface area (Å²) < 4.78 is 0.472. The van der Waals surface area contributed by atoms with Crippen molar-refractivity contribution in [1.82, 2.24) is 0 Å². The van der Waals surface area contributed by atoms with Crippen LogP contribution in [-0.4, -0.2) is 11.1 Å². The Labute approximate surface area is 117 Å². The lowest BCUT2D eigenvalue weighted by Crippen LogP contribution is -2.07. The van der Waals surface area contributed by atoms with Crippen LogP contribution in [0.15, 0.2) is 70.5 Å². The van der Waals surface area contributed by atoms with Crippen LogP contribution in [0.25, 0.3) is 0 Å². The zero-order chi connectivity index (χ0) is 12.6. The van der Waals surface area contributed by atoms with Gasteiger partial charge in [0.2, 0.25) is 0 Å². The summed E-state index contributed by atoms with van der Waals surface area (Å²) in [4.78, 5) is 2.61. The minimum Gasteiger partial charge on any atom is -0.330 e. The summed E-state index contributed by atoms with van der Waals surface area (Å²) in [6.45, 7) is 0.727. The molecule has 0 aromatic heterocycles. The first kappa shape index (κ1) is 13.5. The zero-order valence-electron chi connectivity index (χ0n) is 10.2. The van der Waals surface area contributed by atoms with Crippen LogP contribution in [0.2, 0.25) is 0 Å². The molecule has 2 aromatic rings. The fraction of sp³-hybridized carbons (Fsp3) is 0.200. The van der Waals surface area contributed by atoms with E-state index in [4.69, 9.17) is 5.73 Å². The Morgan fingerprint density at radius 3 is 1.61 bits per heavy atom. The van der Waals surface area contributed by atoms with Crippen molar-refractivity contribution < 1.29 is 0 Å². The molecular weight excluding hydrogens is 258 g/mol. The van der Waals surface area contributed by atoms with Gasteiger partial charge in [0, 0.05) is 9.79 Å². The van der Waals surface area contributed by atoms with Gasteiger partial charge in [-0.25, -0.2) is 0 Å². The molecule has 0 saturated carbocycles. The van der Waals surface area contributed by atoms with Crippen LogP contribution in [0.5, 0.6) is 0 Å². The summed E-state index contributed by atoms with van der Waals surface area (Å²) in [5.41, 5.74) is 5.71. The van der Waals surface area contributed by atoms with Gasteiger partial charge >= 0.3 is 0 Å². The van der Waals surface area contributed by atoms with E-state index in [0.717, 1.165) is 13.0 Å². The first-order chi connectivity index (χ1) is 8.88. The fourth-order valence-corrected chi connectivity index (χ4v) is 4.18. The van der Waals surface area contributed by atoms with E-state index in [9.17, 15) is 0 Å². The SMILES string of the molecule is NCCC(Sc1ccccc1)Sc1ccccc1. The van der Waals surface area contributed by atoms with Crippen LogP contribution >= 0.6 is 23.5 Å². The standard InChI is InChI=1S/C15H17NS2/c16-12-11-15(17-13-7-3-1-4-8-13)18-14-9-5-2-6-10-14/h1-10,15H,11-12,16H2. The van der Waals surface area contributed by atoms with E-state index in [0.29, 0.717) is 4.58 Å². The summed E-state index contributed by atoms with van der Waals surface area (Å²) in [5.74, 6) is 0. The van der Waals surface area contributed by atoms with Crippen LogP contribution in [0.3, 0.4) is 0 Å². The van der Waals surface area contributed by atoms with Crippen molar-refractivity contribution >= 4 is 23.5 Å². The molecule has 0 fully saturated rings. The monoisotopic (exact) mass is 275 g/mol. The lowest BCUT2D eigenvalue weighted by Gasteiger charge is -2.15. The first-order valence-corrected chi connectivity index (χ1v) is 7.78. The quantitative estimate of drug-likeness (QED) is 0.630. The minimum atomic E-state index is 0.472. The largest absolute Gasteiger partial charge is 0.330 e. The van der Waals surface area contributed by atoms with Gasteiger partial charge in [0.15, 0.2) is 0 Å². The Kier molecular flexibility index (Phi) is 5.65. The molecule has 2 aromatic carbocycles. The highest BCUT2D eigenvalue weighted by Gasteiger charge is 2.11. The van der Waals surface area contributed by atoms with Gasteiger partial charge in [0.25, 0.3) is 0 Å². The second-order valence-electron chi connectivity index (χ2n) is 3.87. The predicted octanol–water partition coefficient (Wildman–Crippen LogP) is 4.25. The summed E-state index contributed by atoms with van der Waals surface area (Å²) in [6, 6.07) is 21.0. The second-order valence-corrected chi connectivity index (χ2v) is 6.72. The topological polar surface area (TPSA) is 26.0 Å². The maximum atomic E-state index is 5.71. The highest BCUT2D eigenvalue weighted by molar-refractivity contribution is 8.17. The molecule has 18 heavy (non-hydrogen) atoms. The highest BCUT2D eigenvalue weighted by atomic mass is 32.2. The molecule has 0 amide bonds. The van der Waals surface area contributed by atoms with Gasteiger partial charge in [-0.05, 0) is 37.2 Å². The fourth-order valence-electron chi connectivity index (χ4n) is 1.58. The molecule has 0 saturated heterocycles. The molecule has 94 valence electrons. The number of hydrogen-bond acceptors (Lipinski definition) is 3. The third-order valence-electron chi connectivity index (χ3n) is 2.42. The highest BCUT2D eigenvalue weighted by Crippen LogP contribution is 2.36. The molecule has 0 heterocycles. The molecule has 0 aliphatic carbocycles. The number of benzene rings is 2. The summed E-state index contributed by atoms with van der Waals surface area (Å²) in [7, 11) is 0. The Bertz CT molecular complexity index is 403. The first-order valence-electron chi connectivity index (χ1n) is 6.02. The molecule has 1 nitrogen and oxygen atoms in total. The number of thioether (sulfide) groups is 2. The van der Waals surface area contributed by atoms with E-state index >= 15 is 0 Å². The lowest BCUT2D eigenvalue weighted by atomic mass is 10.4. The van der Waals surface area contributed by atoms with Gasteiger partial charge in [0.05, 0.1) is 4.58 Å². The van der Waals surface area contributed by atoms with Gasteiger partial charge in [-0.2, -0.15) is 0 Å². The average Bonchev–Trinajstić information content (AvgIpc) is 2.41. The summed E-state index contributed by atoms with van der Waals surface area (Å²) in [5, 5.41) is 0. The molecule has 0 spiro atoms. The summed E-state index contributed by atoms with van der Waals surface area (Å²) >= 11 is 3.78. The van der Waals surface area contributed by atoms with Crippen molar-refractivity contribution in [3.63, 3.8) is 0 Å². The molecule has 3 heteroatoms. The lowest BCUT2D eigenvalue weighted by molar-refractivity contribution is 0.914. The van der Waals surface area contributed by atoms with E-state index in [1.807, 2.05) is 35.7 Å². The van der Waals surface area contributed by atoms with Crippen LogP contribution in [0, 0.1) is 0 Å². The number of rotatable bonds is 6. The van der Waals surface area contributed by atoms with E-state index < -0.39 is 0 Å². The summed E-state index contributed by atoms with van der Waals surface area (Å²) in [6.07, 6.45) is 1.01. The van der Waals surface area contributed by atoms with E-state index in [1.165, 1.54) is 9.79 Å². The average molecular weight is 275 g/mol. The van der Waals surface area contributed by atoms with Crippen molar-refractivity contribution in [3.8, 4) is 0 Å². The van der Waals surface area contributed by atoms with E-state index in [1.54, 1.807) is 0 Å². The molecular formula is C15H17NS2. The van der Waals surface area contributed by atoms with Gasteiger partial charge in [-0.15, -0.1) is 23.5 Å². The van der Waals surface area contributed by atoms with Crippen LogP contribution in [0.1, 0.15) is 6.42 Å². The molecule has 0 atom stereocenters. The number of hydrogen-bond donors (Lipinski definition) is 1. The predicted molar refractivity (Wildman–Crippen MR) is 82.1 cm³/mol. The molecule has 0 radical (unpaired) electrons. The van der Waals surface area contributed by atoms with Crippen molar-refractivity contribution in [2.24, 2.45) is 5.73 Å². The van der Waals surface area contributed by atoms with Gasteiger partial charge in [-0.1, -0.05) is 36.4 Å². The molecule has 0 aliphatic rings. The molecule has 0 unspecified atom stereocenters. The van der Waals surface area contributed by atoms with Crippen LogP contribution < -0.4 is 5.73 Å². The Hall–Kier alpha value is -0.900. The molecule has 0 aliphatic heterocycles. The number of nitrogens with two attached hydrogens (primary N) is 1. The van der Waals surface area contributed by atoms with E-state index in [2.05, 4.69) is 48.5 Å². The molecule has 2 rings (SSSR count). The normalized spacial score (nSPS) is 10.8. The minimum absolute atomic E-state index is 0.472. The van der Waals surface area contributed by atoms with Crippen molar-refractivity contribution in [2.75, 3.05) is 6.54 Å². The molecule has 2 N–H and O–H groups in total. The Morgan fingerprint density at radius 2 is 1.22 bits per heavy atom.